The molecule has 0 aliphatic carbocycles. The zero-order valence-corrected chi connectivity index (χ0v) is 13.0. The maximum absolute atomic E-state index is 13.3. The minimum absolute atomic E-state index is 0.308. The van der Waals surface area contributed by atoms with E-state index in [4.69, 9.17) is 20.8 Å². The topological polar surface area (TPSA) is 34.7 Å². The number of hydrogen-bond donors (Lipinski definition) is 0. The van der Waals surface area contributed by atoms with Crippen LogP contribution in [0.1, 0.15) is 5.76 Å². The number of benzene rings is 2. The summed E-state index contributed by atoms with van der Waals surface area (Å²) in [4.78, 5) is 4.33. The van der Waals surface area contributed by atoms with E-state index in [9.17, 15) is 4.39 Å². The number of rotatable bonds is 4. The van der Waals surface area contributed by atoms with Crippen LogP contribution in [-0.4, -0.2) is 13.3 Å². The van der Waals surface area contributed by atoms with Gasteiger partial charge in [0.05, 0.1) is 13.3 Å². The SMILES string of the molecule is COc1ccc(Cl)cc1N=Cc1ccc(-c2cccc(F)c2)o1. The Morgan fingerprint density at radius 2 is 2.00 bits per heavy atom. The lowest BCUT2D eigenvalue weighted by molar-refractivity contribution is 0.416. The molecule has 0 aliphatic heterocycles. The number of furan rings is 1. The van der Waals surface area contributed by atoms with Gasteiger partial charge >= 0.3 is 0 Å². The van der Waals surface area contributed by atoms with E-state index in [0.717, 1.165) is 0 Å². The van der Waals surface area contributed by atoms with E-state index in [-0.39, 0.29) is 5.82 Å². The first-order valence-electron chi connectivity index (χ1n) is 6.89. The highest BCUT2D eigenvalue weighted by molar-refractivity contribution is 6.30. The molecule has 0 radical (unpaired) electrons. The Kier molecular flexibility index (Phi) is 4.44. The van der Waals surface area contributed by atoms with Crippen LogP contribution in [0.5, 0.6) is 5.75 Å². The summed E-state index contributed by atoms with van der Waals surface area (Å²) < 4.78 is 24.1. The van der Waals surface area contributed by atoms with Crippen molar-refractivity contribution in [1.82, 2.24) is 0 Å². The molecular formula is C18H13ClFNO2. The Hall–Kier alpha value is -2.59. The fraction of sp³-hybridized carbons (Fsp3) is 0.0556. The summed E-state index contributed by atoms with van der Waals surface area (Å²) in [6, 6.07) is 14.9. The molecule has 3 rings (SSSR count). The maximum Gasteiger partial charge on any atom is 0.145 e. The first-order valence-corrected chi connectivity index (χ1v) is 7.27. The van der Waals surface area contributed by atoms with Crippen molar-refractivity contribution < 1.29 is 13.5 Å². The molecule has 0 aliphatic rings. The van der Waals surface area contributed by atoms with Crippen molar-refractivity contribution in [2.24, 2.45) is 4.99 Å². The molecular weight excluding hydrogens is 317 g/mol. The van der Waals surface area contributed by atoms with Crippen molar-refractivity contribution in [3.63, 3.8) is 0 Å². The summed E-state index contributed by atoms with van der Waals surface area (Å²) in [6.07, 6.45) is 1.57. The summed E-state index contributed by atoms with van der Waals surface area (Å²) in [5.74, 6) is 1.43. The molecule has 2 aromatic carbocycles. The van der Waals surface area contributed by atoms with Crippen LogP contribution < -0.4 is 4.74 Å². The predicted octanol–water partition coefficient (Wildman–Crippen LogP) is 5.50. The average molecular weight is 330 g/mol. The highest BCUT2D eigenvalue weighted by Gasteiger charge is 2.05. The Morgan fingerprint density at radius 1 is 1.13 bits per heavy atom. The molecule has 3 aromatic rings. The molecule has 0 N–H and O–H groups in total. The van der Waals surface area contributed by atoms with Gasteiger partial charge in [0.2, 0.25) is 0 Å². The molecule has 0 fully saturated rings. The van der Waals surface area contributed by atoms with E-state index < -0.39 is 0 Å². The number of halogens is 2. The monoisotopic (exact) mass is 329 g/mol. The lowest BCUT2D eigenvalue weighted by Gasteiger charge is -2.03. The minimum atomic E-state index is -0.308. The molecule has 116 valence electrons. The Balaban J connectivity index is 1.86. The van der Waals surface area contributed by atoms with E-state index in [1.165, 1.54) is 12.1 Å². The van der Waals surface area contributed by atoms with Gasteiger partial charge in [-0.2, -0.15) is 0 Å². The quantitative estimate of drug-likeness (QED) is 0.592. The lowest BCUT2D eigenvalue weighted by Crippen LogP contribution is -1.84. The summed E-state index contributed by atoms with van der Waals surface area (Å²) in [7, 11) is 1.57. The van der Waals surface area contributed by atoms with Crippen LogP contribution in [0.4, 0.5) is 10.1 Å². The molecule has 0 bridgehead atoms. The number of nitrogens with zero attached hydrogens (tertiary/aromatic N) is 1. The van der Waals surface area contributed by atoms with Gasteiger partial charge in [-0.15, -0.1) is 0 Å². The van der Waals surface area contributed by atoms with Gasteiger partial charge in [0.25, 0.3) is 0 Å². The zero-order chi connectivity index (χ0) is 16.2. The lowest BCUT2D eigenvalue weighted by atomic mass is 10.2. The second kappa shape index (κ2) is 6.67. The molecule has 0 saturated carbocycles. The predicted molar refractivity (Wildman–Crippen MR) is 89.4 cm³/mol. The third kappa shape index (κ3) is 3.60. The van der Waals surface area contributed by atoms with E-state index in [1.807, 2.05) is 0 Å². The second-order valence-electron chi connectivity index (χ2n) is 4.79. The van der Waals surface area contributed by atoms with E-state index in [0.29, 0.717) is 33.5 Å². The third-order valence-corrected chi connectivity index (χ3v) is 3.44. The molecule has 1 heterocycles. The highest BCUT2D eigenvalue weighted by Crippen LogP contribution is 2.30. The Bertz CT molecular complexity index is 858. The van der Waals surface area contributed by atoms with Crippen LogP contribution in [0.2, 0.25) is 5.02 Å². The Morgan fingerprint density at radius 3 is 2.78 bits per heavy atom. The van der Waals surface area contributed by atoms with Gasteiger partial charge < -0.3 is 9.15 Å². The highest BCUT2D eigenvalue weighted by atomic mass is 35.5. The fourth-order valence-corrected chi connectivity index (χ4v) is 2.28. The number of hydrogen-bond acceptors (Lipinski definition) is 3. The average Bonchev–Trinajstić information content (AvgIpc) is 3.02. The summed E-state index contributed by atoms with van der Waals surface area (Å²) in [6.45, 7) is 0. The Labute approximate surface area is 138 Å². The normalized spacial score (nSPS) is 11.1. The molecule has 0 atom stereocenters. The smallest absolute Gasteiger partial charge is 0.145 e. The number of ether oxygens (including phenoxy) is 1. The van der Waals surface area contributed by atoms with Crippen LogP contribution in [0.3, 0.4) is 0 Å². The summed E-state index contributed by atoms with van der Waals surface area (Å²) in [5, 5.41) is 0.567. The van der Waals surface area contributed by atoms with Gasteiger partial charge in [0, 0.05) is 10.6 Å². The molecule has 3 nitrogen and oxygen atoms in total. The second-order valence-corrected chi connectivity index (χ2v) is 5.22. The van der Waals surface area contributed by atoms with E-state index in [1.54, 1.807) is 55.8 Å². The molecule has 5 heteroatoms. The molecule has 0 spiro atoms. The van der Waals surface area contributed by atoms with Crippen molar-refractivity contribution >= 4 is 23.5 Å². The van der Waals surface area contributed by atoms with Crippen molar-refractivity contribution in [2.75, 3.05) is 7.11 Å². The van der Waals surface area contributed by atoms with Crippen LogP contribution in [0.15, 0.2) is 64.0 Å². The molecule has 0 saturated heterocycles. The van der Waals surface area contributed by atoms with Crippen LogP contribution >= 0.6 is 11.6 Å². The van der Waals surface area contributed by atoms with E-state index in [2.05, 4.69) is 4.99 Å². The molecule has 0 amide bonds. The first-order chi connectivity index (χ1) is 11.2. The summed E-state index contributed by atoms with van der Waals surface area (Å²) in [5.41, 5.74) is 1.27. The standard InChI is InChI=1S/C18H13ClFNO2/c1-22-18-7-5-13(19)10-16(18)21-11-15-6-8-17(23-15)12-3-2-4-14(20)9-12/h2-11H,1H3. The largest absolute Gasteiger partial charge is 0.494 e. The zero-order valence-electron chi connectivity index (χ0n) is 12.3. The third-order valence-electron chi connectivity index (χ3n) is 3.21. The van der Waals surface area contributed by atoms with E-state index >= 15 is 0 Å². The van der Waals surface area contributed by atoms with Gasteiger partial charge in [-0.1, -0.05) is 23.7 Å². The maximum atomic E-state index is 13.3. The first kappa shape index (κ1) is 15.3. The van der Waals surface area contributed by atoms with Gasteiger partial charge in [0.15, 0.2) is 0 Å². The van der Waals surface area contributed by atoms with Crippen molar-refractivity contribution in [3.05, 3.63) is 71.2 Å². The van der Waals surface area contributed by atoms with Gasteiger partial charge in [0.1, 0.15) is 28.8 Å². The number of methoxy groups -OCH3 is 1. The molecule has 1 aromatic heterocycles. The van der Waals surface area contributed by atoms with Gasteiger partial charge in [-0.05, 0) is 42.5 Å². The van der Waals surface area contributed by atoms with Gasteiger partial charge in [-0.25, -0.2) is 9.38 Å². The van der Waals surface area contributed by atoms with Crippen LogP contribution in [0, 0.1) is 5.82 Å². The summed E-state index contributed by atoms with van der Waals surface area (Å²) >= 11 is 5.97. The fourth-order valence-electron chi connectivity index (χ4n) is 2.12. The van der Waals surface area contributed by atoms with Crippen LogP contribution in [-0.2, 0) is 0 Å². The van der Waals surface area contributed by atoms with Crippen molar-refractivity contribution in [1.29, 1.82) is 0 Å². The molecule has 0 unspecified atom stereocenters. The minimum Gasteiger partial charge on any atom is -0.494 e. The van der Waals surface area contributed by atoms with Crippen LogP contribution in [0.25, 0.3) is 11.3 Å². The van der Waals surface area contributed by atoms with Crippen molar-refractivity contribution in [2.45, 2.75) is 0 Å². The molecule has 23 heavy (non-hydrogen) atoms. The van der Waals surface area contributed by atoms with Gasteiger partial charge in [-0.3, -0.25) is 0 Å². The number of aliphatic imine (C=N–C) groups is 1. The van der Waals surface area contributed by atoms with Crippen molar-refractivity contribution in [3.8, 4) is 17.1 Å².